The van der Waals surface area contributed by atoms with Crippen molar-refractivity contribution in [1.29, 1.82) is 0 Å². The van der Waals surface area contributed by atoms with Crippen LogP contribution in [0.3, 0.4) is 0 Å². The highest BCUT2D eigenvalue weighted by Gasteiger charge is 2.15. The van der Waals surface area contributed by atoms with E-state index >= 15 is 0 Å². The van der Waals surface area contributed by atoms with Crippen LogP contribution >= 0.6 is 0 Å². The minimum Gasteiger partial charge on any atom is -0.492 e. The molecule has 1 unspecified atom stereocenters. The molecule has 0 aromatic heterocycles. The van der Waals surface area contributed by atoms with Crippen LogP contribution in [0.25, 0.3) is 0 Å². The van der Waals surface area contributed by atoms with Gasteiger partial charge in [-0.1, -0.05) is 19.1 Å². The van der Waals surface area contributed by atoms with Crippen molar-refractivity contribution in [3.8, 4) is 5.75 Å². The van der Waals surface area contributed by atoms with Crippen LogP contribution in [0, 0.1) is 5.92 Å². The van der Waals surface area contributed by atoms with E-state index < -0.39 is 0 Å². The Balaban J connectivity index is 2.68. The molecule has 0 saturated heterocycles. The summed E-state index contributed by atoms with van der Waals surface area (Å²) in [5.74, 6) is 0.638. The van der Waals surface area contributed by atoms with E-state index in [4.69, 9.17) is 9.47 Å². The summed E-state index contributed by atoms with van der Waals surface area (Å²) in [6.45, 7) is 7.30. The van der Waals surface area contributed by atoms with Crippen molar-refractivity contribution in [3.63, 3.8) is 0 Å². The molecule has 20 heavy (non-hydrogen) atoms. The Hall–Kier alpha value is -1.55. The van der Waals surface area contributed by atoms with Gasteiger partial charge in [-0.3, -0.25) is 0 Å². The number of benzene rings is 1. The smallest absolute Gasteiger partial charge is 0.342 e. The second kappa shape index (κ2) is 7.90. The molecule has 0 saturated carbocycles. The van der Waals surface area contributed by atoms with E-state index in [2.05, 4.69) is 11.8 Å². The molecule has 0 bridgehead atoms. The minimum absolute atomic E-state index is 0.136. The number of esters is 1. The van der Waals surface area contributed by atoms with E-state index in [0.29, 0.717) is 23.8 Å². The Morgan fingerprint density at radius 1 is 1.20 bits per heavy atom. The summed E-state index contributed by atoms with van der Waals surface area (Å²) < 4.78 is 11.0. The number of hydrogen-bond acceptors (Lipinski definition) is 4. The van der Waals surface area contributed by atoms with Gasteiger partial charge in [0.05, 0.1) is 12.7 Å². The highest BCUT2D eigenvalue weighted by molar-refractivity contribution is 5.92. The predicted octanol–water partition coefficient (Wildman–Crippen LogP) is 2.83. The topological polar surface area (TPSA) is 38.8 Å². The van der Waals surface area contributed by atoms with Crippen LogP contribution in [0.2, 0.25) is 0 Å². The molecule has 0 amide bonds. The number of hydrogen-bond donors (Lipinski definition) is 0. The molecule has 1 aromatic rings. The number of carbonyl (C=O) groups is 1. The normalized spacial score (nSPS) is 12.6. The SMILES string of the molecule is CC(COc1ccccc1C(=O)OC(C)C)CN(C)C. The van der Waals surface area contributed by atoms with Gasteiger partial charge in [-0.2, -0.15) is 0 Å². The molecule has 0 radical (unpaired) electrons. The Morgan fingerprint density at radius 2 is 1.85 bits per heavy atom. The summed E-state index contributed by atoms with van der Waals surface area (Å²) in [7, 11) is 4.06. The number of rotatable bonds is 7. The van der Waals surface area contributed by atoms with Crippen LogP contribution in [0.1, 0.15) is 31.1 Å². The van der Waals surface area contributed by atoms with E-state index in [1.165, 1.54) is 0 Å². The van der Waals surface area contributed by atoms with Gasteiger partial charge in [0.25, 0.3) is 0 Å². The van der Waals surface area contributed by atoms with E-state index in [-0.39, 0.29) is 12.1 Å². The standard InChI is InChI=1S/C16H25NO3/c1-12(2)20-16(18)14-8-6-7-9-15(14)19-11-13(3)10-17(4)5/h6-9,12-13H,10-11H2,1-5H3. The van der Waals surface area contributed by atoms with Crippen molar-refractivity contribution >= 4 is 5.97 Å². The molecule has 0 aliphatic rings. The zero-order valence-electron chi connectivity index (χ0n) is 13.1. The quantitative estimate of drug-likeness (QED) is 0.719. The fourth-order valence-corrected chi connectivity index (χ4v) is 1.95. The average molecular weight is 279 g/mol. The summed E-state index contributed by atoms with van der Waals surface area (Å²) in [5, 5.41) is 0. The number of nitrogens with zero attached hydrogens (tertiary/aromatic N) is 1. The summed E-state index contributed by atoms with van der Waals surface area (Å²) in [6.07, 6.45) is -0.136. The lowest BCUT2D eigenvalue weighted by molar-refractivity contribution is 0.0372. The summed E-state index contributed by atoms with van der Waals surface area (Å²) >= 11 is 0. The second-order valence-corrected chi connectivity index (χ2v) is 5.63. The molecule has 1 rings (SSSR count). The molecular weight excluding hydrogens is 254 g/mol. The molecule has 0 fully saturated rings. The maximum Gasteiger partial charge on any atom is 0.342 e. The Kier molecular flexibility index (Phi) is 6.52. The maximum absolute atomic E-state index is 12.0. The lowest BCUT2D eigenvalue weighted by Gasteiger charge is -2.18. The van der Waals surface area contributed by atoms with Crippen molar-refractivity contribution in [2.45, 2.75) is 26.9 Å². The van der Waals surface area contributed by atoms with Crippen molar-refractivity contribution < 1.29 is 14.3 Å². The molecule has 0 spiro atoms. The van der Waals surface area contributed by atoms with Crippen molar-refractivity contribution in [2.75, 3.05) is 27.2 Å². The Labute approximate surface area is 121 Å². The molecule has 1 atom stereocenters. The van der Waals surface area contributed by atoms with Crippen molar-refractivity contribution in [3.05, 3.63) is 29.8 Å². The van der Waals surface area contributed by atoms with Gasteiger partial charge in [0.15, 0.2) is 0 Å². The first-order valence-electron chi connectivity index (χ1n) is 6.97. The lowest BCUT2D eigenvalue weighted by atomic mass is 10.1. The van der Waals surface area contributed by atoms with Crippen molar-refractivity contribution in [1.82, 2.24) is 4.90 Å². The summed E-state index contributed by atoms with van der Waals surface area (Å²) in [5.41, 5.74) is 0.484. The first-order valence-corrected chi connectivity index (χ1v) is 6.97. The minimum atomic E-state index is -0.337. The summed E-state index contributed by atoms with van der Waals surface area (Å²) in [4.78, 5) is 14.1. The van der Waals surface area contributed by atoms with Gasteiger partial charge in [-0.05, 0) is 40.1 Å². The molecule has 1 aromatic carbocycles. The van der Waals surface area contributed by atoms with Gasteiger partial charge in [-0.25, -0.2) is 4.79 Å². The summed E-state index contributed by atoms with van der Waals surface area (Å²) in [6, 6.07) is 7.21. The molecule has 4 heteroatoms. The van der Waals surface area contributed by atoms with Gasteiger partial charge in [0.1, 0.15) is 11.3 Å². The van der Waals surface area contributed by atoms with Gasteiger partial charge in [-0.15, -0.1) is 0 Å². The highest BCUT2D eigenvalue weighted by atomic mass is 16.5. The van der Waals surface area contributed by atoms with Crippen LogP contribution in [-0.2, 0) is 4.74 Å². The molecule has 0 aliphatic carbocycles. The number of para-hydroxylation sites is 1. The van der Waals surface area contributed by atoms with Crippen LogP contribution in [0.15, 0.2) is 24.3 Å². The second-order valence-electron chi connectivity index (χ2n) is 5.63. The van der Waals surface area contributed by atoms with E-state index in [0.717, 1.165) is 6.54 Å². The molecule has 0 heterocycles. The van der Waals surface area contributed by atoms with Gasteiger partial charge in [0, 0.05) is 12.5 Å². The van der Waals surface area contributed by atoms with Gasteiger partial charge in [0.2, 0.25) is 0 Å². The maximum atomic E-state index is 12.0. The molecule has 0 aliphatic heterocycles. The monoisotopic (exact) mass is 279 g/mol. The van der Waals surface area contributed by atoms with Crippen LogP contribution in [0.4, 0.5) is 0 Å². The zero-order chi connectivity index (χ0) is 15.1. The van der Waals surface area contributed by atoms with Crippen molar-refractivity contribution in [2.24, 2.45) is 5.92 Å². The molecule has 112 valence electrons. The molecule has 4 nitrogen and oxygen atoms in total. The number of carbonyl (C=O) groups excluding carboxylic acids is 1. The van der Waals surface area contributed by atoms with Gasteiger partial charge >= 0.3 is 5.97 Å². The fraction of sp³-hybridized carbons (Fsp3) is 0.562. The van der Waals surface area contributed by atoms with Gasteiger partial charge < -0.3 is 14.4 Å². The Morgan fingerprint density at radius 3 is 2.45 bits per heavy atom. The van der Waals surface area contributed by atoms with E-state index in [1.54, 1.807) is 12.1 Å². The first-order chi connectivity index (χ1) is 9.40. The Bertz CT molecular complexity index is 429. The third-order valence-electron chi connectivity index (χ3n) is 2.65. The fourth-order valence-electron chi connectivity index (χ4n) is 1.95. The number of ether oxygens (including phenoxy) is 2. The molecular formula is C16H25NO3. The average Bonchev–Trinajstić information content (AvgIpc) is 2.35. The first kappa shape index (κ1) is 16.5. The third-order valence-corrected chi connectivity index (χ3v) is 2.65. The van der Waals surface area contributed by atoms with Crippen LogP contribution in [0.5, 0.6) is 5.75 Å². The van der Waals surface area contributed by atoms with E-state index in [9.17, 15) is 4.79 Å². The molecule has 0 N–H and O–H groups in total. The highest BCUT2D eigenvalue weighted by Crippen LogP contribution is 2.20. The largest absolute Gasteiger partial charge is 0.492 e. The van der Waals surface area contributed by atoms with Crippen LogP contribution in [-0.4, -0.2) is 44.2 Å². The third kappa shape index (κ3) is 5.61. The van der Waals surface area contributed by atoms with Crippen LogP contribution < -0.4 is 4.74 Å². The zero-order valence-corrected chi connectivity index (χ0v) is 13.1. The predicted molar refractivity (Wildman–Crippen MR) is 80.2 cm³/mol. The van der Waals surface area contributed by atoms with E-state index in [1.807, 2.05) is 40.1 Å². The lowest BCUT2D eigenvalue weighted by Crippen LogP contribution is -2.24.